The highest BCUT2D eigenvalue weighted by Crippen LogP contribution is 2.24. The molecule has 0 aliphatic carbocycles. The van der Waals surface area contributed by atoms with Crippen LogP contribution in [0.25, 0.3) is 11.0 Å². The number of rotatable bonds is 3. The van der Waals surface area contributed by atoms with Crippen molar-refractivity contribution in [3.8, 4) is 5.75 Å². The number of hydrogen-bond acceptors (Lipinski definition) is 5. The number of hydrogen-bond donors (Lipinski definition) is 1. The van der Waals surface area contributed by atoms with E-state index >= 15 is 0 Å². The molecule has 0 atom stereocenters. The van der Waals surface area contributed by atoms with Gasteiger partial charge in [0.2, 0.25) is 5.55 Å². The van der Waals surface area contributed by atoms with E-state index in [2.05, 4.69) is 0 Å². The van der Waals surface area contributed by atoms with Gasteiger partial charge in [-0.2, -0.15) is 0 Å². The Hall–Kier alpha value is -2.30. The van der Waals surface area contributed by atoms with Crippen LogP contribution in [0, 0.1) is 5.41 Å². The van der Waals surface area contributed by atoms with Crippen LogP contribution < -0.4 is 10.3 Å². The molecule has 1 aromatic heterocycles. The molecule has 0 spiro atoms. The summed E-state index contributed by atoms with van der Waals surface area (Å²) in [7, 11) is 1.52. The van der Waals surface area contributed by atoms with Crippen molar-refractivity contribution in [1.82, 2.24) is 0 Å². The monoisotopic (exact) mass is 247 g/mol. The Balaban J connectivity index is 2.63. The van der Waals surface area contributed by atoms with Crippen molar-refractivity contribution >= 4 is 16.9 Å². The number of ether oxygens (including phenoxy) is 2. The molecule has 0 amide bonds. The van der Waals surface area contributed by atoms with Crippen LogP contribution in [-0.4, -0.2) is 19.7 Å². The van der Waals surface area contributed by atoms with E-state index in [9.17, 15) is 4.79 Å². The first-order valence-electron chi connectivity index (χ1n) is 5.50. The molecule has 94 valence electrons. The molecule has 0 unspecified atom stereocenters. The summed E-state index contributed by atoms with van der Waals surface area (Å²) in [4.78, 5) is 11.6. The van der Waals surface area contributed by atoms with Crippen molar-refractivity contribution in [2.45, 2.75) is 6.92 Å². The van der Waals surface area contributed by atoms with Crippen LogP contribution >= 0.6 is 0 Å². The fourth-order valence-electron chi connectivity index (χ4n) is 1.65. The zero-order valence-corrected chi connectivity index (χ0v) is 10.1. The minimum absolute atomic E-state index is 0.109. The first-order valence-corrected chi connectivity index (χ1v) is 5.50. The maximum Gasteiger partial charge on any atom is 0.343 e. The molecule has 1 N–H and O–H groups in total. The van der Waals surface area contributed by atoms with Crippen LogP contribution in [-0.2, 0) is 4.74 Å². The summed E-state index contributed by atoms with van der Waals surface area (Å²) in [5.74, 6) is -0.0348. The lowest BCUT2D eigenvalue weighted by Gasteiger charge is -2.06. The average molecular weight is 247 g/mol. The molecule has 2 aromatic rings. The molecular weight excluding hydrogens is 234 g/mol. The molecule has 1 aromatic carbocycles. The van der Waals surface area contributed by atoms with Gasteiger partial charge in [-0.1, -0.05) is 12.1 Å². The van der Waals surface area contributed by atoms with E-state index < -0.39 is 5.97 Å². The predicted octanol–water partition coefficient (Wildman–Crippen LogP) is 2.10. The Morgan fingerprint density at radius 1 is 1.44 bits per heavy atom. The highest BCUT2D eigenvalue weighted by atomic mass is 16.5. The van der Waals surface area contributed by atoms with Gasteiger partial charge in [0.05, 0.1) is 13.7 Å². The third-order valence-corrected chi connectivity index (χ3v) is 2.47. The molecule has 0 radical (unpaired) electrons. The van der Waals surface area contributed by atoms with Gasteiger partial charge in [-0.25, -0.2) is 4.79 Å². The Morgan fingerprint density at radius 3 is 2.89 bits per heavy atom. The summed E-state index contributed by atoms with van der Waals surface area (Å²) in [6, 6.07) is 6.87. The third-order valence-electron chi connectivity index (χ3n) is 2.47. The first-order chi connectivity index (χ1) is 8.67. The summed E-state index contributed by atoms with van der Waals surface area (Å²) in [5.41, 5.74) is 0.320. The van der Waals surface area contributed by atoms with Crippen LogP contribution in [0.4, 0.5) is 0 Å². The molecular formula is C13H13NO4. The molecule has 0 aliphatic heterocycles. The summed E-state index contributed by atoms with van der Waals surface area (Å²) in [6.07, 6.45) is 0. The van der Waals surface area contributed by atoms with Crippen molar-refractivity contribution in [2.75, 3.05) is 13.7 Å². The second kappa shape index (κ2) is 4.91. The number of nitrogens with one attached hydrogen (secondary N) is 1. The van der Waals surface area contributed by atoms with Crippen LogP contribution in [0.2, 0.25) is 0 Å². The van der Waals surface area contributed by atoms with Crippen molar-refractivity contribution < 1.29 is 18.7 Å². The van der Waals surface area contributed by atoms with Crippen LogP contribution in [0.5, 0.6) is 5.75 Å². The van der Waals surface area contributed by atoms with Gasteiger partial charge in [-0.3, -0.25) is 5.41 Å². The van der Waals surface area contributed by atoms with Gasteiger partial charge in [0.25, 0.3) is 0 Å². The maximum absolute atomic E-state index is 11.6. The largest absolute Gasteiger partial charge is 0.493 e. The van der Waals surface area contributed by atoms with E-state index in [4.69, 9.17) is 19.3 Å². The molecule has 0 fully saturated rings. The van der Waals surface area contributed by atoms with Crippen LogP contribution in [0.15, 0.2) is 28.7 Å². The summed E-state index contributed by atoms with van der Waals surface area (Å²) in [5, 5.41) is 8.40. The van der Waals surface area contributed by atoms with Gasteiger partial charge in [-0.15, -0.1) is 0 Å². The Labute approximate surface area is 103 Å². The number of fused-ring (bicyclic) bond motifs is 1. The number of carbonyl (C=O) groups is 1. The minimum atomic E-state index is -0.559. The van der Waals surface area contributed by atoms with E-state index in [1.54, 1.807) is 31.2 Å². The van der Waals surface area contributed by atoms with E-state index in [-0.39, 0.29) is 17.7 Å². The zero-order valence-electron chi connectivity index (χ0n) is 10.1. The topological polar surface area (TPSA) is 72.5 Å². The summed E-state index contributed by atoms with van der Waals surface area (Å²) < 4.78 is 15.3. The van der Waals surface area contributed by atoms with E-state index in [0.717, 1.165) is 0 Å². The molecule has 2 rings (SSSR count). The quantitative estimate of drug-likeness (QED) is 0.843. The molecule has 0 bridgehead atoms. The second-order valence-electron chi connectivity index (χ2n) is 3.59. The summed E-state index contributed by atoms with van der Waals surface area (Å²) >= 11 is 0. The Bertz CT molecular complexity index is 645. The van der Waals surface area contributed by atoms with Crippen LogP contribution in [0.1, 0.15) is 17.3 Å². The number of methoxy groups -OCH3 is 1. The van der Waals surface area contributed by atoms with E-state index in [0.29, 0.717) is 16.7 Å². The van der Waals surface area contributed by atoms with E-state index in [1.807, 2.05) is 0 Å². The van der Waals surface area contributed by atoms with Crippen LogP contribution in [0.3, 0.4) is 0 Å². The second-order valence-corrected chi connectivity index (χ2v) is 3.59. The number of esters is 1. The van der Waals surface area contributed by atoms with Crippen molar-refractivity contribution in [1.29, 1.82) is 5.41 Å². The smallest absolute Gasteiger partial charge is 0.343 e. The molecule has 0 aliphatic rings. The van der Waals surface area contributed by atoms with Gasteiger partial charge in [0.1, 0.15) is 5.56 Å². The lowest BCUT2D eigenvalue weighted by molar-refractivity contribution is 0.0520. The molecule has 0 saturated heterocycles. The molecule has 0 saturated carbocycles. The van der Waals surface area contributed by atoms with Crippen molar-refractivity contribution in [3.05, 3.63) is 35.4 Å². The molecule has 18 heavy (non-hydrogen) atoms. The maximum atomic E-state index is 11.6. The van der Waals surface area contributed by atoms with Crippen molar-refractivity contribution in [3.63, 3.8) is 0 Å². The lowest BCUT2D eigenvalue weighted by Crippen LogP contribution is -2.16. The molecule has 5 heteroatoms. The fraction of sp³-hybridized carbons (Fsp3) is 0.231. The highest BCUT2D eigenvalue weighted by Gasteiger charge is 2.14. The average Bonchev–Trinajstić information content (AvgIpc) is 2.37. The predicted molar refractivity (Wildman–Crippen MR) is 64.6 cm³/mol. The Kier molecular flexibility index (Phi) is 3.32. The highest BCUT2D eigenvalue weighted by molar-refractivity contribution is 5.93. The van der Waals surface area contributed by atoms with Gasteiger partial charge < -0.3 is 13.9 Å². The van der Waals surface area contributed by atoms with Crippen molar-refractivity contribution in [2.24, 2.45) is 0 Å². The van der Waals surface area contributed by atoms with Gasteiger partial charge >= 0.3 is 5.97 Å². The summed E-state index contributed by atoms with van der Waals surface area (Å²) in [6.45, 7) is 1.97. The van der Waals surface area contributed by atoms with E-state index in [1.165, 1.54) is 7.11 Å². The zero-order chi connectivity index (χ0) is 13.1. The van der Waals surface area contributed by atoms with Gasteiger partial charge in [0.15, 0.2) is 11.3 Å². The minimum Gasteiger partial charge on any atom is -0.493 e. The third kappa shape index (κ3) is 2.07. The molecule has 5 nitrogen and oxygen atoms in total. The van der Waals surface area contributed by atoms with Gasteiger partial charge in [0, 0.05) is 5.39 Å². The first kappa shape index (κ1) is 12.2. The lowest BCUT2D eigenvalue weighted by atomic mass is 10.2. The molecule has 1 heterocycles. The SMILES string of the molecule is CCOC(=O)c1cc2cccc(OC)c2oc1=N. The number of benzene rings is 1. The number of para-hydroxylation sites is 1. The Morgan fingerprint density at radius 2 is 2.22 bits per heavy atom. The fourth-order valence-corrected chi connectivity index (χ4v) is 1.65. The van der Waals surface area contributed by atoms with Gasteiger partial charge in [-0.05, 0) is 19.1 Å². The standard InChI is InChI=1S/C13H13NO4/c1-3-17-13(15)9-7-8-5-4-6-10(16-2)11(8)18-12(9)14/h4-7,14H,3H2,1-2H3. The normalized spacial score (nSPS) is 10.3. The number of carbonyl (C=O) groups excluding carboxylic acids is 1.